The van der Waals surface area contributed by atoms with Crippen molar-refractivity contribution in [3.63, 3.8) is 0 Å². The Morgan fingerprint density at radius 2 is 1.81 bits per heavy atom. The first-order valence-corrected chi connectivity index (χ1v) is 6.13. The largest absolute Gasteiger partial charge is 0.478 e. The van der Waals surface area contributed by atoms with Crippen molar-refractivity contribution >= 4 is 23.3 Å². The maximum absolute atomic E-state index is 13.6. The van der Waals surface area contributed by atoms with Gasteiger partial charge in [-0.1, -0.05) is 12.1 Å². The Morgan fingerprint density at radius 1 is 1.14 bits per heavy atom. The molecular weight excluding hydrogens is 275 g/mol. The molecule has 0 radical (unpaired) electrons. The van der Waals surface area contributed by atoms with Crippen LogP contribution >= 0.6 is 0 Å². The fraction of sp³-hybridized carbons (Fsp3) is 0.0667. The summed E-state index contributed by atoms with van der Waals surface area (Å²) < 4.78 is 13.6. The number of anilines is 2. The molecule has 0 aliphatic carbocycles. The van der Waals surface area contributed by atoms with Crippen LogP contribution in [0.2, 0.25) is 0 Å². The van der Waals surface area contributed by atoms with E-state index < -0.39 is 17.7 Å². The van der Waals surface area contributed by atoms with E-state index in [4.69, 9.17) is 10.8 Å². The van der Waals surface area contributed by atoms with Crippen LogP contribution in [-0.4, -0.2) is 17.0 Å². The van der Waals surface area contributed by atoms with Crippen LogP contribution in [0.3, 0.4) is 0 Å². The molecule has 108 valence electrons. The van der Waals surface area contributed by atoms with Gasteiger partial charge in [0.25, 0.3) is 0 Å². The molecule has 0 fully saturated rings. The number of amides is 1. The molecule has 0 aliphatic heterocycles. The van der Waals surface area contributed by atoms with E-state index in [1.54, 1.807) is 24.3 Å². The van der Waals surface area contributed by atoms with Crippen molar-refractivity contribution in [1.82, 2.24) is 0 Å². The minimum Gasteiger partial charge on any atom is -0.478 e. The fourth-order valence-electron chi connectivity index (χ4n) is 1.77. The zero-order valence-electron chi connectivity index (χ0n) is 11.0. The number of benzene rings is 2. The molecule has 0 spiro atoms. The smallest absolute Gasteiger partial charge is 0.335 e. The summed E-state index contributed by atoms with van der Waals surface area (Å²) >= 11 is 0. The van der Waals surface area contributed by atoms with E-state index >= 15 is 0 Å². The predicted octanol–water partition coefficient (Wildman–Crippen LogP) is 2.29. The highest BCUT2D eigenvalue weighted by atomic mass is 19.1. The molecule has 0 atom stereocenters. The zero-order valence-corrected chi connectivity index (χ0v) is 11.0. The van der Waals surface area contributed by atoms with E-state index in [0.29, 0.717) is 5.69 Å². The summed E-state index contributed by atoms with van der Waals surface area (Å²) in [4.78, 5) is 22.7. The van der Waals surface area contributed by atoms with Crippen LogP contribution in [0.5, 0.6) is 0 Å². The number of carbonyl (C=O) groups is 2. The van der Waals surface area contributed by atoms with Crippen LogP contribution in [0, 0.1) is 5.82 Å². The quantitative estimate of drug-likeness (QED) is 0.752. The number of nitrogens with one attached hydrogen (secondary N) is 1. The number of aromatic carboxylic acids is 1. The van der Waals surface area contributed by atoms with Crippen molar-refractivity contribution in [1.29, 1.82) is 0 Å². The van der Waals surface area contributed by atoms with Crippen LogP contribution in [0.4, 0.5) is 15.8 Å². The summed E-state index contributed by atoms with van der Waals surface area (Å²) in [6, 6.07) is 9.93. The first-order chi connectivity index (χ1) is 9.95. The lowest BCUT2D eigenvalue weighted by atomic mass is 10.1. The average Bonchev–Trinajstić information content (AvgIpc) is 2.43. The zero-order chi connectivity index (χ0) is 15.4. The van der Waals surface area contributed by atoms with Gasteiger partial charge in [0.05, 0.1) is 17.7 Å². The fourth-order valence-corrected chi connectivity index (χ4v) is 1.77. The predicted molar refractivity (Wildman–Crippen MR) is 76.5 cm³/mol. The molecule has 0 aromatic heterocycles. The molecule has 5 nitrogen and oxygen atoms in total. The third-order valence-electron chi connectivity index (χ3n) is 2.83. The normalized spacial score (nSPS) is 10.1. The summed E-state index contributed by atoms with van der Waals surface area (Å²) in [7, 11) is 0. The Balaban J connectivity index is 2.10. The van der Waals surface area contributed by atoms with Crippen LogP contribution in [0.15, 0.2) is 42.5 Å². The highest BCUT2D eigenvalue weighted by Gasteiger charge is 2.11. The monoisotopic (exact) mass is 288 g/mol. The molecule has 0 aliphatic rings. The van der Waals surface area contributed by atoms with Crippen LogP contribution in [0.1, 0.15) is 15.9 Å². The maximum atomic E-state index is 13.6. The van der Waals surface area contributed by atoms with Crippen molar-refractivity contribution in [2.45, 2.75) is 6.42 Å². The minimum absolute atomic E-state index is 0.0387. The number of hydrogen-bond acceptors (Lipinski definition) is 3. The van der Waals surface area contributed by atoms with Crippen molar-refractivity contribution in [3.8, 4) is 0 Å². The number of nitrogens with two attached hydrogens (primary N) is 1. The van der Waals surface area contributed by atoms with Crippen LogP contribution in [-0.2, 0) is 11.2 Å². The Hall–Kier alpha value is -2.89. The third-order valence-corrected chi connectivity index (χ3v) is 2.83. The summed E-state index contributed by atoms with van der Waals surface area (Å²) in [5.74, 6) is -2.32. The molecule has 2 rings (SSSR count). The molecule has 0 saturated carbocycles. The second-order valence-electron chi connectivity index (χ2n) is 4.47. The van der Waals surface area contributed by atoms with Crippen molar-refractivity contribution in [2.75, 3.05) is 11.1 Å². The second kappa shape index (κ2) is 6.04. The first-order valence-electron chi connectivity index (χ1n) is 6.13. The van der Waals surface area contributed by atoms with Gasteiger partial charge in [0.15, 0.2) is 0 Å². The molecule has 4 N–H and O–H groups in total. The summed E-state index contributed by atoms with van der Waals surface area (Å²) in [6.45, 7) is 0. The molecule has 0 bridgehead atoms. The van der Waals surface area contributed by atoms with Gasteiger partial charge in [0.1, 0.15) is 5.82 Å². The first kappa shape index (κ1) is 14.5. The van der Waals surface area contributed by atoms with E-state index in [1.165, 1.54) is 0 Å². The number of carboxylic acids is 1. The van der Waals surface area contributed by atoms with E-state index in [9.17, 15) is 14.0 Å². The second-order valence-corrected chi connectivity index (χ2v) is 4.47. The lowest BCUT2D eigenvalue weighted by molar-refractivity contribution is -0.115. The van der Waals surface area contributed by atoms with Gasteiger partial charge in [0, 0.05) is 5.69 Å². The van der Waals surface area contributed by atoms with Crippen LogP contribution in [0.25, 0.3) is 0 Å². The van der Waals surface area contributed by atoms with E-state index in [-0.39, 0.29) is 17.7 Å². The highest BCUT2D eigenvalue weighted by molar-refractivity contribution is 5.95. The van der Waals surface area contributed by atoms with Crippen molar-refractivity contribution < 1.29 is 19.1 Å². The summed E-state index contributed by atoms with van der Waals surface area (Å²) in [5.41, 5.74) is 6.59. The number of halogens is 1. The number of rotatable bonds is 4. The van der Waals surface area contributed by atoms with E-state index in [0.717, 1.165) is 23.8 Å². The molecule has 2 aromatic rings. The molecule has 6 heteroatoms. The number of nitrogen functional groups attached to an aromatic ring is 1. The lowest BCUT2D eigenvalue weighted by Gasteiger charge is -2.07. The van der Waals surface area contributed by atoms with Gasteiger partial charge in [0.2, 0.25) is 5.91 Å². The highest BCUT2D eigenvalue weighted by Crippen LogP contribution is 2.17. The molecular formula is C15H13FN2O3. The van der Waals surface area contributed by atoms with Gasteiger partial charge < -0.3 is 16.2 Å². The Labute approximate surface area is 120 Å². The standard InChI is InChI=1S/C15H13FN2O3/c16-12-6-3-10(15(20)21)8-13(12)18-14(19)7-9-1-4-11(17)5-2-9/h1-6,8H,7,17H2,(H,18,19)(H,20,21). The van der Waals surface area contributed by atoms with Crippen molar-refractivity contribution in [3.05, 3.63) is 59.4 Å². The number of hydrogen-bond donors (Lipinski definition) is 3. The van der Waals surface area contributed by atoms with E-state index in [2.05, 4.69) is 5.32 Å². The average molecular weight is 288 g/mol. The number of carboxylic acid groups (broad SMARTS) is 1. The van der Waals surface area contributed by atoms with E-state index in [1.807, 2.05) is 0 Å². The summed E-state index contributed by atoms with van der Waals surface area (Å²) in [6.07, 6.45) is 0.0387. The minimum atomic E-state index is -1.19. The molecule has 1 amide bonds. The Morgan fingerprint density at radius 3 is 2.43 bits per heavy atom. The van der Waals surface area contributed by atoms with Crippen molar-refractivity contribution in [2.24, 2.45) is 0 Å². The van der Waals surface area contributed by atoms with Gasteiger partial charge in [-0.05, 0) is 35.9 Å². The maximum Gasteiger partial charge on any atom is 0.335 e. The summed E-state index contributed by atoms with van der Waals surface area (Å²) in [5, 5.41) is 11.2. The van der Waals surface area contributed by atoms with Crippen LogP contribution < -0.4 is 11.1 Å². The molecule has 0 unspecified atom stereocenters. The third kappa shape index (κ3) is 3.79. The number of carbonyl (C=O) groups excluding carboxylic acids is 1. The lowest BCUT2D eigenvalue weighted by Crippen LogP contribution is -2.16. The Kier molecular flexibility index (Phi) is 4.18. The molecule has 2 aromatic carbocycles. The van der Waals surface area contributed by atoms with Gasteiger partial charge in [-0.2, -0.15) is 0 Å². The van der Waals surface area contributed by atoms with Gasteiger partial charge in [-0.3, -0.25) is 4.79 Å². The molecule has 0 saturated heterocycles. The van der Waals surface area contributed by atoms with Gasteiger partial charge in [-0.25, -0.2) is 9.18 Å². The molecule has 0 heterocycles. The Bertz CT molecular complexity index is 684. The SMILES string of the molecule is Nc1ccc(CC(=O)Nc2cc(C(=O)O)ccc2F)cc1. The molecule has 21 heavy (non-hydrogen) atoms. The van der Waals surface area contributed by atoms with Gasteiger partial charge >= 0.3 is 5.97 Å². The topological polar surface area (TPSA) is 92.4 Å². The van der Waals surface area contributed by atoms with Gasteiger partial charge in [-0.15, -0.1) is 0 Å².